The lowest BCUT2D eigenvalue weighted by Gasteiger charge is -2.34. The number of hydroxylamine groups is 2. The van der Waals surface area contributed by atoms with Gasteiger partial charge in [0.05, 0.1) is 42.2 Å². The fraction of sp³-hybridized carbons (Fsp3) is 0.419. The molecule has 2 fully saturated rings. The Morgan fingerprint density at radius 2 is 1.98 bits per heavy atom. The van der Waals surface area contributed by atoms with Crippen molar-refractivity contribution < 1.29 is 9.57 Å². The molecule has 0 aliphatic carbocycles. The number of nitriles is 1. The summed E-state index contributed by atoms with van der Waals surface area (Å²) in [7, 11) is 1.71. The molecule has 0 amide bonds. The summed E-state index contributed by atoms with van der Waals surface area (Å²) >= 11 is 0. The normalized spacial score (nSPS) is 19.8. The molecule has 0 radical (unpaired) electrons. The van der Waals surface area contributed by atoms with Gasteiger partial charge in [-0.15, -0.1) is 0 Å². The molecule has 2 aliphatic heterocycles. The first-order chi connectivity index (χ1) is 19.6. The lowest BCUT2D eigenvalue weighted by molar-refractivity contribution is -0.147. The van der Waals surface area contributed by atoms with Crippen LogP contribution in [-0.2, 0) is 4.84 Å². The molecule has 6 rings (SSSR count). The van der Waals surface area contributed by atoms with Crippen molar-refractivity contribution in [3.8, 4) is 23.3 Å². The Hall–Kier alpha value is -3.84. The Morgan fingerprint density at radius 3 is 2.80 bits per heavy atom. The number of benzene rings is 2. The second-order valence-corrected chi connectivity index (χ2v) is 10.7. The van der Waals surface area contributed by atoms with Gasteiger partial charge < -0.3 is 19.8 Å². The maximum Gasteiger partial charge on any atom is 0.319 e. The average molecular weight is 538 g/mol. The number of anilines is 1. The molecule has 4 aromatic rings. The van der Waals surface area contributed by atoms with E-state index < -0.39 is 0 Å². The topological polar surface area (TPSA) is 99.4 Å². The number of fused-ring (bicyclic) bond motifs is 2. The van der Waals surface area contributed by atoms with E-state index in [2.05, 4.69) is 66.5 Å². The van der Waals surface area contributed by atoms with E-state index in [9.17, 15) is 5.26 Å². The van der Waals surface area contributed by atoms with Gasteiger partial charge in [-0.05, 0) is 43.0 Å². The fourth-order valence-electron chi connectivity index (χ4n) is 6.14. The zero-order valence-electron chi connectivity index (χ0n) is 23.4. The van der Waals surface area contributed by atoms with Crippen LogP contribution in [-0.4, -0.2) is 72.0 Å². The van der Waals surface area contributed by atoms with Gasteiger partial charge in [0.1, 0.15) is 12.4 Å². The number of ether oxygens (including phenoxy) is 1. The number of hydrogen-bond donors (Lipinski definition) is 1. The zero-order chi connectivity index (χ0) is 27.6. The van der Waals surface area contributed by atoms with Crippen LogP contribution in [0.15, 0.2) is 42.6 Å². The van der Waals surface area contributed by atoms with Gasteiger partial charge in [-0.2, -0.15) is 20.3 Å². The number of pyridine rings is 1. The summed E-state index contributed by atoms with van der Waals surface area (Å²) in [5.74, 6) is 0.802. The molecule has 2 atom stereocenters. The molecule has 2 saturated heterocycles. The first-order valence-electron chi connectivity index (χ1n) is 14.0. The highest BCUT2D eigenvalue weighted by molar-refractivity contribution is 6.01. The second-order valence-electron chi connectivity index (χ2n) is 10.7. The molecule has 0 spiro atoms. The Kier molecular flexibility index (Phi) is 7.48. The summed E-state index contributed by atoms with van der Waals surface area (Å²) in [6.45, 7) is 7.81. The molecular weight excluding hydrogens is 502 g/mol. The van der Waals surface area contributed by atoms with Crippen LogP contribution in [0.3, 0.4) is 0 Å². The number of hydrogen-bond acceptors (Lipinski definition) is 9. The number of nitrogens with zero attached hydrogens (tertiary/aromatic N) is 6. The van der Waals surface area contributed by atoms with Crippen molar-refractivity contribution in [1.82, 2.24) is 25.3 Å². The first kappa shape index (κ1) is 26.4. The highest BCUT2D eigenvalue weighted by Gasteiger charge is 2.27. The van der Waals surface area contributed by atoms with Crippen molar-refractivity contribution in [2.24, 2.45) is 0 Å². The minimum absolute atomic E-state index is 0.0777. The molecule has 0 saturated carbocycles. The Bertz CT molecular complexity index is 1580. The van der Waals surface area contributed by atoms with Crippen molar-refractivity contribution in [3.05, 3.63) is 53.7 Å². The highest BCUT2D eigenvalue weighted by atomic mass is 16.7. The number of rotatable bonds is 7. The van der Waals surface area contributed by atoms with Crippen LogP contribution < -0.4 is 15.0 Å². The van der Waals surface area contributed by atoms with E-state index in [1.165, 1.54) is 16.3 Å². The van der Waals surface area contributed by atoms with Crippen molar-refractivity contribution in [2.75, 3.05) is 44.8 Å². The molecule has 1 N–H and O–H groups in total. The van der Waals surface area contributed by atoms with E-state index in [0.717, 1.165) is 66.0 Å². The molecule has 0 unspecified atom stereocenters. The summed E-state index contributed by atoms with van der Waals surface area (Å²) in [4.78, 5) is 22.6. The van der Waals surface area contributed by atoms with E-state index in [1.54, 1.807) is 7.11 Å². The number of nitrogens with one attached hydrogen (secondary N) is 1. The molecule has 206 valence electrons. The Balaban J connectivity index is 1.46. The van der Waals surface area contributed by atoms with Gasteiger partial charge in [0.25, 0.3) is 0 Å². The van der Waals surface area contributed by atoms with Gasteiger partial charge in [0, 0.05) is 49.5 Å². The predicted octanol–water partition coefficient (Wildman–Crippen LogP) is 4.56. The van der Waals surface area contributed by atoms with Crippen LogP contribution in [0.4, 0.5) is 5.82 Å². The van der Waals surface area contributed by atoms with Crippen molar-refractivity contribution in [3.63, 3.8) is 0 Å². The average Bonchev–Trinajstić information content (AvgIpc) is 3.44. The van der Waals surface area contributed by atoms with Gasteiger partial charge in [-0.1, -0.05) is 36.4 Å². The largest absolute Gasteiger partial charge is 0.462 e. The summed E-state index contributed by atoms with van der Waals surface area (Å²) in [5.41, 5.74) is 5.04. The lowest BCUT2D eigenvalue weighted by Crippen LogP contribution is -2.51. The number of aryl methyl sites for hydroxylation is 2. The highest BCUT2D eigenvalue weighted by Crippen LogP contribution is 2.36. The van der Waals surface area contributed by atoms with Gasteiger partial charge in [0.2, 0.25) is 0 Å². The zero-order valence-corrected chi connectivity index (χ0v) is 23.4. The molecule has 2 aromatic carbocycles. The maximum atomic E-state index is 9.30. The quantitative estimate of drug-likeness (QED) is 0.364. The number of piperazine rings is 1. The van der Waals surface area contributed by atoms with Gasteiger partial charge in [-0.25, -0.2) is 0 Å². The minimum Gasteiger partial charge on any atom is -0.462 e. The van der Waals surface area contributed by atoms with Gasteiger partial charge in [-0.3, -0.25) is 4.98 Å². The summed E-state index contributed by atoms with van der Waals surface area (Å²) in [6.07, 6.45) is 4.43. The molecule has 2 aliphatic rings. The summed E-state index contributed by atoms with van der Waals surface area (Å²) < 4.78 is 6.27. The van der Waals surface area contributed by atoms with Crippen LogP contribution in [0.2, 0.25) is 0 Å². The second kappa shape index (κ2) is 11.3. The predicted molar refractivity (Wildman–Crippen MR) is 156 cm³/mol. The van der Waals surface area contributed by atoms with Crippen molar-refractivity contribution in [1.29, 1.82) is 5.26 Å². The lowest BCUT2D eigenvalue weighted by atomic mass is 9.95. The van der Waals surface area contributed by atoms with Crippen LogP contribution in [0.1, 0.15) is 30.4 Å². The molecule has 9 nitrogen and oxygen atoms in total. The number of aromatic nitrogens is 3. The minimum atomic E-state index is 0.0777. The molecule has 40 heavy (non-hydrogen) atoms. The SMILES string of the molecule is CON1CCC[C@H]1COc1nc(N2CCN[C@@H](CC#N)C2)c2cnc(-c3cccc4cccc(C)c34)c(C)c2n1. The molecule has 4 heterocycles. The van der Waals surface area contributed by atoms with E-state index in [0.29, 0.717) is 25.6 Å². The standard InChI is InChI=1S/C31H35N7O2/c1-20-7-4-8-22-9-5-11-25(27(20)22)28-21(2)29-26(17-34-28)30(37-16-14-33-23(18-37)12-13-32)36-31(35-29)40-19-24-10-6-15-38(24)39-3/h4-5,7-9,11,17,23-24,33H,6,10,12,14-16,18-19H2,1-3H3/t23-,24-/m0/s1. The smallest absolute Gasteiger partial charge is 0.319 e. The van der Waals surface area contributed by atoms with E-state index >= 15 is 0 Å². The van der Waals surface area contributed by atoms with E-state index in [1.807, 2.05) is 11.3 Å². The van der Waals surface area contributed by atoms with Crippen molar-refractivity contribution in [2.45, 2.75) is 45.2 Å². The molecule has 2 aromatic heterocycles. The molecular formula is C31H35N7O2. The third-order valence-electron chi connectivity index (χ3n) is 8.16. The van der Waals surface area contributed by atoms with Gasteiger partial charge >= 0.3 is 6.01 Å². The monoisotopic (exact) mass is 537 g/mol. The Morgan fingerprint density at radius 1 is 1.12 bits per heavy atom. The third-order valence-corrected chi connectivity index (χ3v) is 8.16. The van der Waals surface area contributed by atoms with Gasteiger partial charge in [0.15, 0.2) is 0 Å². The van der Waals surface area contributed by atoms with Crippen LogP contribution in [0, 0.1) is 25.2 Å². The van der Waals surface area contributed by atoms with Crippen LogP contribution in [0.25, 0.3) is 32.9 Å². The molecule has 9 heteroatoms. The van der Waals surface area contributed by atoms with E-state index in [-0.39, 0.29) is 12.1 Å². The summed E-state index contributed by atoms with van der Waals surface area (Å²) in [5, 5.41) is 18.0. The van der Waals surface area contributed by atoms with Crippen molar-refractivity contribution >= 4 is 27.5 Å². The maximum absolute atomic E-state index is 9.30. The van der Waals surface area contributed by atoms with Crippen LogP contribution >= 0.6 is 0 Å². The van der Waals surface area contributed by atoms with Crippen LogP contribution in [0.5, 0.6) is 6.01 Å². The first-order valence-corrected chi connectivity index (χ1v) is 14.0. The Labute approximate surface area is 234 Å². The van der Waals surface area contributed by atoms with E-state index in [4.69, 9.17) is 24.5 Å². The summed E-state index contributed by atoms with van der Waals surface area (Å²) in [6, 6.07) is 15.6. The fourth-order valence-corrected chi connectivity index (χ4v) is 6.14. The molecule has 0 bridgehead atoms. The third kappa shape index (κ3) is 4.94.